The quantitative estimate of drug-likeness (QED) is 0.342. The van der Waals surface area contributed by atoms with Crippen molar-refractivity contribution in [2.45, 2.75) is 19.5 Å². The van der Waals surface area contributed by atoms with Crippen LogP contribution in [0.5, 0.6) is 11.5 Å². The predicted octanol–water partition coefficient (Wildman–Crippen LogP) is 1.36. The first-order chi connectivity index (χ1) is 14.6. The summed E-state index contributed by atoms with van der Waals surface area (Å²) < 4.78 is 10.9. The first kappa shape index (κ1) is 24.3. The molecule has 1 unspecified atom stereocenters. The Hall–Kier alpha value is -1.30. The number of aliphatic imine (C=N–C) groups is 1. The number of halogens is 1. The molecule has 8 nitrogen and oxygen atoms in total. The second-order valence-corrected chi connectivity index (χ2v) is 8.57. The normalized spacial score (nSPS) is 21.6. The molecule has 0 aliphatic carbocycles. The minimum Gasteiger partial charge on any atom is -0.454 e. The summed E-state index contributed by atoms with van der Waals surface area (Å²) in [5, 5.41) is 3.61. The Bertz CT molecular complexity index is 733. The Balaban J connectivity index is 0.00000272. The highest BCUT2D eigenvalue weighted by atomic mass is 127. The molecule has 3 heterocycles. The van der Waals surface area contributed by atoms with Gasteiger partial charge in [-0.05, 0) is 31.7 Å². The Labute approximate surface area is 203 Å². The monoisotopic (exact) mass is 544 g/mol. The zero-order valence-electron chi connectivity index (χ0n) is 19.0. The number of nitrogens with one attached hydrogen (secondary N) is 1. The third-order valence-corrected chi connectivity index (χ3v) is 6.44. The van der Waals surface area contributed by atoms with Gasteiger partial charge in [-0.1, -0.05) is 6.07 Å². The first-order valence-electron chi connectivity index (χ1n) is 11.1. The highest BCUT2D eigenvalue weighted by Gasteiger charge is 2.23. The van der Waals surface area contributed by atoms with Crippen LogP contribution < -0.4 is 14.8 Å². The molecule has 1 aromatic carbocycles. The van der Waals surface area contributed by atoms with Gasteiger partial charge in [0.1, 0.15) is 0 Å². The maximum Gasteiger partial charge on any atom is 0.231 e. The fourth-order valence-electron chi connectivity index (χ4n) is 4.38. The Morgan fingerprint density at radius 3 is 2.45 bits per heavy atom. The Kier molecular flexibility index (Phi) is 9.06. The van der Waals surface area contributed by atoms with Crippen LogP contribution in [-0.2, 0) is 6.54 Å². The molecule has 3 aliphatic heterocycles. The van der Waals surface area contributed by atoms with Gasteiger partial charge in [-0.25, -0.2) is 0 Å². The van der Waals surface area contributed by atoms with Crippen molar-refractivity contribution in [2.24, 2.45) is 4.99 Å². The van der Waals surface area contributed by atoms with Gasteiger partial charge in [-0.2, -0.15) is 0 Å². The molecular weight excluding hydrogens is 507 g/mol. The molecule has 0 amide bonds. The Morgan fingerprint density at radius 2 is 1.74 bits per heavy atom. The summed E-state index contributed by atoms with van der Waals surface area (Å²) >= 11 is 0. The van der Waals surface area contributed by atoms with Crippen LogP contribution in [-0.4, -0.2) is 111 Å². The van der Waals surface area contributed by atoms with E-state index in [-0.39, 0.29) is 24.0 Å². The van der Waals surface area contributed by atoms with Gasteiger partial charge in [0.2, 0.25) is 6.79 Å². The van der Waals surface area contributed by atoms with Crippen molar-refractivity contribution in [2.75, 3.05) is 79.8 Å². The standard InChI is InChI=1S/C22H36N6O2.HI/c1-18(27-10-6-25(3)7-11-27)15-24-22(23-2)28-12-8-26(9-13-28)16-19-4-5-20-21(14-19)30-17-29-20;/h4-5,14,18H,6-13,15-17H2,1-3H3,(H,23,24);1H. The maximum absolute atomic E-state index is 5.51. The molecule has 0 bridgehead atoms. The molecule has 1 atom stereocenters. The van der Waals surface area contributed by atoms with Gasteiger partial charge in [0.15, 0.2) is 17.5 Å². The summed E-state index contributed by atoms with van der Waals surface area (Å²) in [6.45, 7) is 13.2. The molecule has 4 rings (SSSR count). The average molecular weight is 544 g/mol. The number of ether oxygens (including phenoxy) is 2. The van der Waals surface area contributed by atoms with Gasteiger partial charge in [0.05, 0.1) is 0 Å². The van der Waals surface area contributed by atoms with Crippen LogP contribution in [0.2, 0.25) is 0 Å². The smallest absolute Gasteiger partial charge is 0.231 e. The van der Waals surface area contributed by atoms with Crippen LogP contribution >= 0.6 is 24.0 Å². The van der Waals surface area contributed by atoms with Crippen LogP contribution in [0.25, 0.3) is 0 Å². The van der Waals surface area contributed by atoms with Crippen molar-refractivity contribution >= 4 is 29.9 Å². The van der Waals surface area contributed by atoms with Crippen molar-refractivity contribution in [3.05, 3.63) is 23.8 Å². The molecule has 31 heavy (non-hydrogen) atoms. The number of hydrogen-bond donors (Lipinski definition) is 1. The van der Waals surface area contributed by atoms with E-state index in [0.29, 0.717) is 12.8 Å². The third kappa shape index (κ3) is 6.36. The maximum atomic E-state index is 5.51. The molecule has 3 aliphatic rings. The van der Waals surface area contributed by atoms with E-state index in [0.717, 1.165) is 82.9 Å². The number of fused-ring (bicyclic) bond motifs is 1. The molecular formula is C22H37IN6O2. The van der Waals surface area contributed by atoms with E-state index in [1.54, 1.807) is 0 Å². The topological polar surface area (TPSA) is 55.8 Å². The summed E-state index contributed by atoms with van der Waals surface area (Å²) in [6, 6.07) is 6.78. The number of guanidine groups is 1. The number of benzene rings is 1. The van der Waals surface area contributed by atoms with Gasteiger partial charge in [-0.3, -0.25) is 14.8 Å². The first-order valence-corrected chi connectivity index (χ1v) is 11.1. The molecule has 0 radical (unpaired) electrons. The van der Waals surface area contributed by atoms with Crippen molar-refractivity contribution in [1.29, 1.82) is 0 Å². The van der Waals surface area contributed by atoms with E-state index in [4.69, 9.17) is 9.47 Å². The van der Waals surface area contributed by atoms with E-state index in [2.05, 4.69) is 56.0 Å². The lowest BCUT2D eigenvalue weighted by molar-refractivity contribution is 0.119. The van der Waals surface area contributed by atoms with E-state index in [1.165, 1.54) is 5.56 Å². The van der Waals surface area contributed by atoms with Gasteiger partial charge < -0.3 is 24.6 Å². The molecule has 2 fully saturated rings. The largest absolute Gasteiger partial charge is 0.454 e. The van der Waals surface area contributed by atoms with Crippen molar-refractivity contribution in [1.82, 2.24) is 24.9 Å². The zero-order valence-corrected chi connectivity index (χ0v) is 21.4. The van der Waals surface area contributed by atoms with Crippen molar-refractivity contribution in [3.63, 3.8) is 0 Å². The highest BCUT2D eigenvalue weighted by molar-refractivity contribution is 14.0. The second kappa shape index (κ2) is 11.5. The molecule has 2 saturated heterocycles. The predicted molar refractivity (Wildman–Crippen MR) is 135 cm³/mol. The SMILES string of the molecule is CN=C(NCC(C)N1CCN(C)CC1)N1CCN(Cc2ccc3c(c2)OCO3)CC1.I. The summed E-state index contributed by atoms with van der Waals surface area (Å²) in [5.41, 5.74) is 1.27. The van der Waals surface area contributed by atoms with Crippen molar-refractivity contribution in [3.8, 4) is 11.5 Å². The number of likely N-dealkylation sites (N-methyl/N-ethyl adjacent to an activating group) is 1. The fraction of sp³-hybridized carbons (Fsp3) is 0.682. The summed E-state index contributed by atoms with van der Waals surface area (Å²) in [7, 11) is 4.09. The van der Waals surface area contributed by atoms with E-state index < -0.39 is 0 Å². The van der Waals surface area contributed by atoms with Gasteiger partial charge in [0, 0.05) is 78.5 Å². The lowest BCUT2D eigenvalue weighted by Crippen LogP contribution is -2.55. The summed E-state index contributed by atoms with van der Waals surface area (Å²) in [4.78, 5) is 14.4. The summed E-state index contributed by atoms with van der Waals surface area (Å²) in [6.07, 6.45) is 0. The van der Waals surface area contributed by atoms with Gasteiger partial charge >= 0.3 is 0 Å². The number of nitrogens with zero attached hydrogens (tertiary/aromatic N) is 5. The Morgan fingerprint density at radius 1 is 1.03 bits per heavy atom. The number of piperazine rings is 2. The molecule has 0 saturated carbocycles. The molecule has 174 valence electrons. The number of hydrogen-bond acceptors (Lipinski definition) is 6. The average Bonchev–Trinajstić information content (AvgIpc) is 3.23. The van der Waals surface area contributed by atoms with Crippen LogP contribution in [0.3, 0.4) is 0 Å². The van der Waals surface area contributed by atoms with Crippen LogP contribution in [0, 0.1) is 0 Å². The van der Waals surface area contributed by atoms with Crippen LogP contribution in [0.15, 0.2) is 23.2 Å². The van der Waals surface area contributed by atoms with Crippen LogP contribution in [0.1, 0.15) is 12.5 Å². The molecule has 1 N–H and O–H groups in total. The summed E-state index contributed by atoms with van der Waals surface area (Å²) in [5.74, 6) is 2.74. The third-order valence-electron chi connectivity index (χ3n) is 6.44. The molecule has 1 aromatic rings. The lowest BCUT2D eigenvalue weighted by Gasteiger charge is -2.39. The van der Waals surface area contributed by atoms with Gasteiger partial charge in [0.25, 0.3) is 0 Å². The van der Waals surface area contributed by atoms with E-state index in [9.17, 15) is 0 Å². The van der Waals surface area contributed by atoms with Crippen molar-refractivity contribution < 1.29 is 9.47 Å². The van der Waals surface area contributed by atoms with Gasteiger partial charge in [-0.15, -0.1) is 24.0 Å². The highest BCUT2D eigenvalue weighted by Crippen LogP contribution is 2.32. The number of rotatable bonds is 5. The molecule has 0 aromatic heterocycles. The fourth-order valence-corrected chi connectivity index (χ4v) is 4.38. The second-order valence-electron chi connectivity index (χ2n) is 8.57. The van der Waals surface area contributed by atoms with Crippen LogP contribution in [0.4, 0.5) is 0 Å². The lowest BCUT2D eigenvalue weighted by atomic mass is 10.1. The van der Waals surface area contributed by atoms with E-state index in [1.807, 2.05) is 13.1 Å². The zero-order chi connectivity index (χ0) is 20.9. The molecule has 9 heteroatoms. The molecule has 0 spiro atoms. The minimum absolute atomic E-state index is 0. The minimum atomic E-state index is 0. The van der Waals surface area contributed by atoms with E-state index >= 15 is 0 Å².